The van der Waals surface area contributed by atoms with Crippen LogP contribution in [0, 0.1) is 11.3 Å². The average Bonchev–Trinajstić information content (AvgIpc) is 2.27. The van der Waals surface area contributed by atoms with Crippen molar-refractivity contribution in [1.29, 1.82) is 0 Å². The summed E-state index contributed by atoms with van der Waals surface area (Å²) < 4.78 is 0. The van der Waals surface area contributed by atoms with Crippen LogP contribution in [0.4, 0.5) is 0 Å². The number of carbonyl (C=O) groups excluding carboxylic acids is 1. The van der Waals surface area contributed by atoms with Gasteiger partial charge in [-0.25, -0.2) is 9.78 Å². The molecule has 0 aromatic heterocycles. The summed E-state index contributed by atoms with van der Waals surface area (Å²) in [6.45, 7) is 5.91. The fraction of sp³-hybridized carbons (Fsp3) is 0.769. The van der Waals surface area contributed by atoms with Gasteiger partial charge in [-0.05, 0) is 31.9 Å². The van der Waals surface area contributed by atoms with E-state index in [9.17, 15) is 4.79 Å². The minimum atomic E-state index is -0.538. The highest BCUT2D eigenvalue weighted by Crippen LogP contribution is 2.48. The molecular weight excluding hydrogens is 220 g/mol. The lowest BCUT2D eigenvalue weighted by molar-refractivity contribution is -0.414. The summed E-state index contributed by atoms with van der Waals surface area (Å²) in [6, 6.07) is 0. The molecule has 0 aromatic rings. The van der Waals surface area contributed by atoms with Crippen LogP contribution in [-0.2, 0) is 14.6 Å². The summed E-state index contributed by atoms with van der Waals surface area (Å²) in [4.78, 5) is 22.7. The molecule has 1 aliphatic carbocycles. The number of allylic oxidation sites excluding steroid dienone is 1. The molecule has 3 unspecified atom stereocenters. The maximum Gasteiger partial charge on any atom is 0.161 e. The molecule has 1 aliphatic heterocycles. The van der Waals surface area contributed by atoms with Gasteiger partial charge in [-0.3, -0.25) is 4.79 Å². The van der Waals surface area contributed by atoms with Crippen molar-refractivity contribution in [2.75, 3.05) is 6.61 Å². The zero-order valence-corrected chi connectivity index (χ0v) is 10.6. The molecule has 0 amide bonds. The number of hydrogen-bond acceptors (Lipinski definition) is 4. The van der Waals surface area contributed by atoms with E-state index < -0.39 is 11.0 Å². The zero-order valence-electron chi connectivity index (χ0n) is 10.6. The molecule has 2 rings (SSSR count). The van der Waals surface area contributed by atoms with E-state index in [4.69, 9.17) is 14.9 Å². The third-order valence-corrected chi connectivity index (χ3v) is 4.08. The number of ketones is 1. The second-order valence-electron chi connectivity index (χ2n) is 5.71. The molecule has 2 aliphatic rings. The second kappa shape index (κ2) is 4.19. The topological polar surface area (TPSA) is 55.8 Å². The molecule has 0 saturated carbocycles. The number of carbonyl (C=O) groups is 1. The molecule has 1 N–H and O–H groups in total. The lowest BCUT2D eigenvalue weighted by Crippen LogP contribution is -2.54. The maximum absolute atomic E-state index is 11.9. The molecule has 0 radical (unpaired) electrons. The van der Waals surface area contributed by atoms with Gasteiger partial charge in [0, 0.05) is 17.9 Å². The monoisotopic (exact) mass is 240 g/mol. The number of aliphatic hydroxyl groups is 1. The van der Waals surface area contributed by atoms with Gasteiger partial charge in [-0.2, -0.15) is 0 Å². The Hall–Kier alpha value is -0.710. The second-order valence-corrected chi connectivity index (χ2v) is 5.71. The normalized spacial score (nSPS) is 40.1. The van der Waals surface area contributed by atoms with Crippen molar-refractivity contribution < 1.29 is 19.7 Å². The van der Waals surface area contributed by atoms with Crippen LogP contribution < -0.4 is 0 Å². The minimum absolute atomic E-state index is 0.0711. The van der Waals surface area contributed by atoms with Gasteiger partial charge in [-0.1, -0.05) is 13.8 Å². The molecule has 17 heavy (non-hydrogen) atoms. The Kier molecular flexibility index (Phi) is 3.14. The molecule has 0 bridgehead atoms. The third-order valence-electron chi connectivity index (χ3n) is 4.08. The fourth-order valence-corrected chi connectivity index (χ4v) is 2.86. The van der Waals surface area contributed by atoms with Crippen molar-refractivity contribution >= 4 is 5.78 Å². The molecule has 1 saturated heterocycles. The predicted octanol–water partition coefficient (Wildman–Crippen LogP) is 1.63. The smallest absolute Gasteiger partial charge is 0.161 e. The Bertz CT molecular complexity index is 347. The van der Waals surface area contributed by atoms with Crippen LogP contribution in [0.25, 0.3) is 0 Å². The van der Waals surface area contributed by atoms with Crippen molar-refractivity contribution in [2.24, 2.45) is 11.3 Å². The van der Waals surface area contributed by atoms with Gasteiger partial charge in [0.15, 0.2) is 5.78 Å². The lowest BCUT2D eigenvalue weighted by atomic mass is 9.62. The van der Waals surface area contributed by atoms with Gasteiger partial charge < -0.3 is 5.11 Å². The molecule has 0 aromatic carbocycles. The first-order chi connectivity index (χ1) is 7.90. The first kappa shape index (κ1) is 12.7. The first-order valence-electron chi connectivity index (χ1n) is 6.09. The van der Waals surface area contributed by atoms with E-state index in [2.05, 4.69) is 0 Å². The molecular formula is C13H20O4. The highest BCUT2D eigenvalue weighted by Gasteiger charge is 2.53. The Morgan fingerprint density at radius 3 is 2.82 bits per heavy atom. The van der Waals surface area contributed by atoms with E-state index in [1.165, 1.54) is 0 Å². The van der Waals surface area contributed by atoms with E-state index in [0.717, 1.165) is 6.42 Å². The number of fused-ring (bicyclic) bond motifs is 1. The molecule has 1 fully saturated rings. The summed E-state index contributed by atoms with van der Waals surface area (Å²) >= 11 is 0. The lowest BCUT2D eigenvalue weighted by Gasteiger charge is -2.49. The molecule has 96 valence electrons. The number of rotatable bonds is 2. The molecule has 1 heterocycles. The van der Waals surface area contributed by atoms with Crippen LogP contribution >= 0.6 is 0 Å². The molecule has 4 nitrogen and oxygen atoms in total. The Balaban J connectivity index is 2.26. The predicted molar refractivity (Wildman–Crippen MR) is 62.1 cm³/mol. The number of hydrogen-bond donors (Lipinski definition) is 1. The van der Waals surface area contributed by atoms with E-state index in [1.807, 2.05) is 20.8 Å². The summed E-state index contributed by atoms with van der Waals surface area (Å²) in [5, 5.41) is 8.94. The SMILES string of the molecule is CC12C=CC(=O)C(C)(C)C1CC(CCO)OO2. The fourth-order valence-electron chi connectivity index (χ4n) is 2.86. The summed E-state index contributed by atoms with van der Waals surface area (Å²) in [5.41, 5.74) is -0.982. The Morgan fingerprint density at radius 1 is 1.47 bits per heavy atom. The van der Waals surface area contributed by atoms with Crippen molar-refractivity contribution in [3.8, 4) is 0 Å². The number of aliphatic hydroxyl groups excluding tert-OH is 1. The van der Waals surface area contributed by atoms with E-state index >= 15 is 0 Å². The standard InChI is InChI=1S/C13H20O4/c1-12(2)10-8-9(5-7-14)16-17-13(10,3)6-4-11(12)15/h4,6,9-10,14H,5,7-8H2,1-3H3. The van der Waals surface area contributed by atoms with Gasteiger partial charge in [-0.15, -0.1) is 0 Å². The van der Waals surface area contributed by atoms with Crippen LogP contribution in [0.1, 0.15) is 33.6 Å². The summed E-state index contributed by atoms with van der Waals surface area (Å²) in [5.74, 6) is 0.214. The van der Waals surface area contributed by atoms with Crippen molar-refractivity contribution in [2.45, 2.75) is 45.3 Å². The van der Waals surface area contributed by atoms with Crippen molar-refractivity contribution in [1.82, 2.24) is 0 Å². The Morgan fingerprint density at radius 2 is 2.18 bits per heavy atom. The van der Waals surface area contributed by atoms with Gasteiger partial charge in [0.05, 0.1) is 6.10 Å². The van der Waals surface area contributed by atoms with Gasteiger partial charge in [0.2, 0.25) is 0 Å². The average molecular weight is 240 g/mol. The molecule has 3 atom stereocenters. The Labute approximate surface area is 102 Å². The first-order valence-corrected chi connectivity index (χ1v) is 6.09. The highest BCUT2D eigenvalue weighted by atomic mass is 17.2. The van der Waals surface area contributed by atoms with E-state index in [0.29, 0.717) is 6.42 Å². The van der Waals surface area contributed by atoms with Crippen LogP contribution in [-0.4, -0.2) is 29.2 Å². The summed E-state index contributed by atoms with van der Waals surface area (Å²) in [6.07, 6.45) is 4.53. The van der Waals surface area contributed by atoms with E-state index in [1.54, 1.807) is 12.2 Å². The van der Waals surface area contributed by atoms with Crippen molar-refractivity contribution in [3.05, 3.63) is 12.2 Å². The van der Waals surface area contributed by atoms with Crippen LogP contribution in [0.3, 0.4) is 0 Å². The maximum atomic E-state index is 11.9. The largest absolute Gasteiger partial charge is 0.396 e. The zero-order chi connectivity index (χ0) is 12.7. The van der Waals surface area contributed by atoms with Crippen LogP contribution in [0.2, 0.25) is 0 Å². The van der Waals surface area contributed by atoms with E-state index in [-0.39, 0.29) is 24.4 Å². The third kappa shape index (κ3) is 2.05. The summed E-state index contributed by atoms with van der Waals surface area (Å²) in [7, 11) is 0. The van der Waals surface area contributed by atoms with Crippen LogP contribution in [0.15, 0.2) is 12.2 Å². The van der Waals surface area contributed by atoms with Gasteiger partial charge >= 0.3 is 0 Å². The molecule has 4 heteroatoms. The van der Waals surface area contributed by atoms with Crippen LogP contribution in [0.5, 0.6) is 0 Å². The van der Waals surface area contributed by atoms with Gasteiger partial charge in [0.1, 0.15) is 5.60 Å². The highest BCUT2D eigenvalue weighted by molar-refractivity contribution is 5.95. The van der Waals surface area contributed by atoms with Gasteiger partial charge in [0.25, 0.3) is 0 Å². The van der Waals surface area contributed by atoms with Crippen molar-refractivity contribution in [3.63, 3.8) is 0 Å². The quantitative estimate of drug-likeness (QED) is 0.745. The minimum Gasteiger partial charge on any atom is -0.396 e. The molecule has 0 spiro atoms.